The maximum absolute atomic E-state index is 12.2. The van der Waals surface area contributed by atoms with Crippen LogP contribution in [0.4, 0.5) is 4.79 Å². The van der Waals surface area contributed by atoms with E-state index in [2.05, 4.69) is 20.1 Å². The van der Waals surface area contributed by atoms with Gasteiger partial charge in [0.25, 0.3) is 0 Å². The summed E-state index contributed by atoms with van der Waals surface area (Å²) in [6.45, 7) is 5.20. The van der Waals surface area contributed by atoms with Gasteiger partial charge in [0.15, 0.2) is 0 Å². The Morgan fingerprint density at radius 1 is 1.00 bits per heavy atom. The van der Waals surface area contributed by atoms with Crippen molar-refractivity contribution in [3.63, 3.8) is 0 Å². The minimum atomic E-state index is -0.905. The summed E-state index contributed by atoms with van der Waals surface area (Å²) in [6.07, 6.45) is -0.329. The molecule has 0 bridgehead atoms. The van der Waals surface area contributed by atoms with E-state index >= 15 is 0 Å². The van der Waals surface area contributed by atoms with Crippen LogP contribution in [0.15, 0.2) is 48.5 Å². The molecule has 0 unspecified atom stereocenters. The third-order valence-electron chi connectivity index (χ3n) is 5.77. The van der Waals surface area contributed by atoms with Crippen LogP contribution in [-0.4, -0.2) is 55.8 Å². The van der Waals surface area contributed by atoms with Crippen LogP contribution in [0.5, 0.6) is 5.75 Å². The quantitative estimate of drug-likeness (QED) is 0.170. The second-order valence-electron chi connectivity index (χ2n) is 9.52. The lowest BCUT2D eigenvalue weighted by molar-refractivity contribution is -0.149. The molecule has 0 aliphatic carbocycles. The van der Waals surface area contributed by atoms with Crippen LogP contribution < -0.4 is 15.4 Å². The van der Waals surface area contributed by atoms with Crippen molar-refractivity contribution in [1.29, 1.82) is 5.41 Å². The van der Waals surface area contributed by atoms with E-state index in [9.17, 15) is 19.2 Å². The Morgan fingerprint density at radius 2 is 1.64 bits per heavy atom. The van der Waals surface area contributed by atoms with Gasteiger partial charge in [-0.15, -0.1) is 0 Å². The maximum Gasteiger partial charge on any atom is 0.415 e. The van der Waals surface area contributed by atoms with Crippen molar-refractivity contribution in [3.05, 3.63) is 54.1 Å². The monoisotopic (exact) mass is 539 g/mol. The van der Waals surface area contributed by atoms with Gasteiger partial charge in [-0.2, -0.15) is 0 Å². The molecule has 0 aromatic heterocycles. The number of esters is 2. The summed E-state index contributed by atoms with van der Waals surface area (Å²) in [5.41, 5.74) is 2.28. The number of hydrogen-bond acceptors (Lipinski definition) is 9. The Kier molecular flexibility index (Phi) is 10.4. The fourth-order valence-electron chi connectivity index (χ4n) is 3.78. The zero-order valence-corrected chi connectivity index (χ0v) is 22.2. The highest BCUT2D eigenvalue weighted by molar-refractivity contribution is 6.04. The van der Waals surface area contributed by atoms with Crippen LogP contribution in [0.1, 0.15) is 39.2 Å². The van der Waals surface area contributed by atoms with Crippen LogP contribution >= 0.6 is 0 Å². The molecule has 3 N–H and O–H groups in total. The molecule has 1 saturated heterocycles. The van der Waals surface area contributed by atoms with Gasteiger partial charge < -0.3 is 24.3 Å². The van der Waals surface area contributed by atoms with Crippen molar-refractivity contribution in [2.45, 2.75) is 39.7 Å². The first kappa shape index (κ1) is 29.2. The molecule has 0 spiro atoms. The van der Waals surface area contributed by atoms with Gasteiger partial charge in [-0.3, -0.25) is 25.1 Å². The standard InChI is InChI=1S/C28H33N3O8/c1-17(2)14-37-25(33)13-22-12-23(30-27(22)34)15-36-24-10-8-20(9-11-24)19-4-6-21(7-5-19)26(29)31-28(35)39-16-38-18(3)32/h4-11,17,22-23H,12-16H2,1-3H3,(H,30,34)(H2,29,31,35)/t22-,23-/m0/s1. The predicted octanol–water partition coefficient (Wildman–Crippen LogP) is 3.40. The number of hydrogen-bond donors (Lipinski definition) is 3. The predicted molar refractivity (Wildman–Crippen MR) is 141 cm³/mol. The van der Waals surface area contributed by atoms with E-state index in [-0.39, 0.29) is 42.7 Å². The van der Waals surface area contributed by atoms with Gasteiger partial charge in [0.1, 0.15) is 18.2 Å². The Morgan fingerprint density at radius 3 is 2.26 bits per heavy atom. The number of nitrogens with one attached hydrogen (secondary N) is 3. The van der Waals surface area contributed by atoms with Crippen LogP contribution in [-0.2, 0) is 28.6 Å². The highest BCUT2D eigenvalue weighted by Gasteiger charge is 2.34. The van der Waals surface area contributed by atoms with Gasteiger partial charge in [-0.05, 0) is 35.6 Å². The molecule has 208 valence electrons. The van der Waals surface area contributed by atoms with E-state index in [1.165, 1.54) is 6.92 Å². The minimum absolute atomic E-state index is 0.0677. The molecule has 11 nitrogen and oxygen atoms in total. The van der Waals surface area contributed by atoms with E-state index in [1.54, 1.807) is 12.1 Å². The van der Waals surface area contributed by atoms with Crippen molar-refractivity contribution in [1.82, 2.24) is 10.6 Å². The number of rotatable bonds is 11. The van der Waals surface area contributed by atoms with Gasteiger partial charge in [0, 0.05) is 12.5 Å². The smallest absolute Gasteiger partial charge is 0.415 e. The van der Waals surface area contributed by atoms with Gasteiger partial charge in [-0.1, -0.05) is 50.2 Å². The zero-order valence-electron chi connectivity index (χ0n) is 22.2. The number of amides is 2. The summed E-state index contributed by atoms with van der Waals surface area (Å²) < 4.78 is 20.2. The highest BCUT2D eigenvalue weighted by atomic mass is 16.7. The molecular weight excluding hydrogens is 506 g/mol. The molecule has 0 saturated carbocycles. The third kappa shape index (κ3) is 9.44. The first-order chi connectivity index (χ1) is 18.6. The Hall–Kier alpha value is -4.41. The number of alkyl carbamates (subject to hydrolysis) is 1. The van der Waals surface area contributed by atoms with Crippen molar-refractivity contribution in [2.75, 3.05) is 20.0 Å². The van der Waals surface area contributed by atoms with Crippen molar-refractivity contribution >= 4 is 29.8 Å². The van der Waals surface area contributed by atoms with Gasteiger partial charge in [-0.25, -0.2) is 4.79 Å². The summed E-state index contributed by atoms with van der Waals surface area (Å²) in [4.78, 5) is 46.5. The van der Waals surface area contributed by atoms with E-state index in [1.807, 2.05) is 50.2 Å². The molecule has 1 fully saturated rings. The highest BCUT2D eigenvalue weighted by Crippen LogP contribution is 2.24. The average molecular weight is 540 g/mol. The minimum Gasteiger partial charge on any atom is -0.491 e. The number of carbonyl (C=O) groups is 4. The molecule has 11 heteroatoms. The first-order valence-electron chi connectivity index (χ1n) is 12.6. The maximum atomic E-state index is 12.2. The molecule has 2 aromatic rings. The number of amidine groups is 1. The molecule has 2 atom stereocenters. The number of ether oxygens (including phenoxy) is 4. The van der Waals surface area contributed by atoms with Gasteiger partial charge >= 0.3 is 18.0 Å². The lowest BCUT2D eigenvalue weighted by atomic mass is 10.0. The second kappa shape index (κ2) is 13.9. The van der Waals surface area contributed by atoms with Crippen LogP contribution in [0.3, 0.4) is 0 Å². The summed E-state index contributed by atoms with van der Waals surface area (Å²) >= 11 is 0. The molecule has 39 heavy (non-hydrogen) atoms. The van der Waals surface area contributed by atoms with E-state index in [0.29, 0.717) is 24.3 Å². The second-order valence-corrected chi connectivity index (χ2v) is 9.52. The first-order valence-corrected chi connectivity index (χ1v) is 12.6. The lowest BCUT2D eigenvalue weighted by Gasteiger charge is -2.13. The van der Waals surface area contributed by atoms with E-state index < -0.39 is 24.8 Å². The van der Waals surface area contributed by atoms with E-state index in [4.69, 9.17) is 14.9 Å². The van der Waals surface area contributed by atoms with Crippen molar-refractivity contribution in [2.24, 2.45) is 11.8 Å². The van der Waals surface area contributed by atoms with Crippen molar-refractivity contribution in [3.8, 4) is 16.9 Å². The van der Waals surface area contributed by atoms with Crippen LogP contribution in [0.25, 0.3) is 11.1 Å². The third-order valence-corrected chi connectivity index (χ3v) is 5.77. The summed E-state index contributed by atoms with van der Waals surface area (Å²) in [7, 11) is 0. The molecule has 0 radical (unpaired) electrons. The fourth-order valence-corrected chi connectivity index (χ4v) is 3.78. The summed E-state index contributed by atoms with van der Waals surface area (Å²) in [6, 6.07) is 14.2. The zero-order chi connectivity index (χ0) is 28.4. The Balaban J connectivity index is 1.45. The normalized spacial score (nSPS) is 16.3. The van der Waals surface area contributed by atoms with Crippen LogP contribution in [0.2, 0.25) is 0 Å². The van der Waals surface area contributed by atoms with Crippen molar-refractivity contribution < 1.29 is 38.1 Å². The number of carbonyl (C=O) groups excluding carboxylic acids is 4. The fraction of sp³-hybridized carbons (Fsp3) is 0.393. The molecule has 2 aromatic carbocycles. The molecule has 3 rings (SSSR count). The van der Waals surface area contributed by atoms with Crippen LogP contribution in [0, 0.1) is 17.2 Å². The molecule has 1 aliphatic rings. The molecule has 2 amide bonds. The topological polar surface area (TPSA) is 153 Å². The Bertz CT molecular complexity index is 1180. The Labute approximate surface area is 226 Å². The summed E-state index contributed by atoms with van der Waals surface area (Å²) in [5.74, 6) is -0.788. The molecular formula is C28H33N3O8. The molecule has 1 aliphatic heterocycles. The number of benzene rings is 2. The SMILES string of the molecule is CC(=O)OCOC(=O)NC(=N)c1ccc(-c2ccc(OC[C@@H]3C[C@@H](CC(=O)OCC(C)C)C(=O)N3)cc2)cc1. The lowest BCUT2D eigenvalue weighted by Crippen LogP contribution is -2.31. The van der Waals surface area contributed by atoms with E-state index in [0.717, 1.165) is 11.1 Å². The molecule has 1 heterocycles. The summed E-state index contributed by atoms with van der Waals surface area (Å²) in [5, 5.41) is 13.1. The van der Waals surface area contributed by atoms with Gasteiger partial charge in [0.2, 0.25) is 12.7 Å². The van der Waals surface area contributed by atoms with Gasteiger partial charge in [0.05, 0.1) is 25.0 Å². The average Bonchev–Trinajstić information content (AvgIpc) is 3.25. The largest absolute Gasteiger partial charge is 0.491 e.